The second kappa shape index (κ2) is 5.49. The Morgan fingerprint density at radius 2 is 1.95 bits per heavy atom. The van der Waals surface area contributed by atoms with Crippen molar-refractivity contribution >= 4 is 18.5 Å². The van der Waals surface area contributed by atoms with Crippen molar-refractivity contribution in [1.82, 2.24) is 0 Å². The number of hydrogen-bond donors (Lipinski definition) is 0. The monoisotopic (exact) mass is 282 g/mol. The van der Waals surface area contributed by atoms with Crippen LogP contribution in [0.15, 0.2) is 30.9 Å². The van der Waals surface area contributed by atoms with E-state index in [4.69, 9.17) is 4.65 Å². The quantitative estimate of drug-likeness (QED) is 0.674. The summed E-state index contributed by atoms with van der Waals surface area (Å²) in [7, 11) is 0. The van der Waals surface area contributed by atoms with E-state index in [0.29, 0.717) is 0 Å². The average Bonchev–Trinajstić information content (AvgIpc) is 2.59. The van der Waals surface area contributed by atoms with Crippen molar-refractivity contribution in [2.24, 2.45) is 5.41 Å². The summed E-state index contributed by atoms with van der Waals surface area (Å²) in [5, 5.41) is 0. The Kier molecular flexibility index (Phi) is 4.21. The molecule has 0 radical (unpaired) electrons. The van der Waals surface area contributed by atoms with Gasteiger partial charge in [0, 0.05) is 0 Å². The van der Waals surface area contributed by atoms with Crippen LogP contribution >= 0.6 is 0 Å². The van der Waals surface area contributed by atoms with Gasteiger partial charge >= 0.3 is 6.92 Å². The van der Waals surface area contributed by atoms with E-state index in [0.717, 1.165) is 6.32 Å². The van der Waals surface area contributed by atoms with E-state index in [1.54, 1.807) is 0 Å². The Labute approximate surface area is 130 Å². The summed E-state index contributed by atoms with van der Waals surface area (Å²) < 4.78 is 6.41. The van der Waals surface area contributed by atoms with Gasteiger partial charge in [0.15, 0.2) is 0 Å². The molecule has 0 amide bonds. The highest BCUT2D eigenvalue weighted by molar-refractivity contribution is 6.74. The Morgan fingerprint density at radius 3 is 2.43 bits per heavy atom. The van der Waals surface area contributed by atoms with E-state index >= 15 is 0 Å². The maximum absolute atomic E-state index is 6.41. The first-order chi connectivity index (χ1) is 9.73. The lowest BCUT2D eigenvalue weighted by Crippen LogP contribution is -2.34. The molecule has 112 valence electrons. The molecule has 1 saturated heterocycles. The maximum atomic E-state index is 6.41. The van der Waals surface area contributed by atoms with E-state index in [-0.39, 0.29) is 17.9 Å². The normalized spacial score (nSPS) is 20.7. The summed E-state index contributed by atoms with van der Waals surface area (Å²) in [6, 6.07) is 6.44. The van der Waals surface area contributed by atoms with Gasteiger partial charge in [-0.1, -0.05) is 50.8 Å². The second-order valence-corrected chi connectivity index (χ2v) is 7.19. The van der Waals surface area contributed by atoms with Crippen molar-refractivity contribution < 1.29 is 4.65 Å². The molecule has 2 heteroatoms. The van der Waals surface area contributed by atoms with Gasteiger partial charge in [0.05, 0.1) is 5.60 Å². The van der Waals surface area contributed by atoms with Crippen LogP contribution in [-0.2, 0) is 4.65 Å². The molecule has 0 saturated carbocycles. The third-order valence-electron chi connectivity index (χ3n) is 5.26. The largest absolute Gasteiger partial charge is 0.426 e. The molecule has 1 heterocycles. The lowest BCUT2D eigenvalue weighted by atomic mass is 9.51. The molecule has 2 rings (SSSR count). The van der Waals surface area contributed by atoms with Gasteiger partial charge in [-0.25, -0.2) is 0 Å². The van der Waals surface area contributed by atoms with Crippen molar-refractivity contribution in [1.29, 1.82) is 0 Å². The minimum Gasteiger partial charge on any atom is -0.426 e. The highest BCUT2D eigenvalue weighted by Gasteiger charge is 2.50. The second-order valence-electron chi connectivity index (χ2n) is 7.19. The number of hydrogen-bond acceptors (Lipinski definition) is 1. The molecule has 1 aliphatic heterocycles. The fourth-order valence-electron chi connectivity index (χ4n) is 3.16. The van der Waals surface area contributed by atoms with E-state index < -0.39 is 0 Å². The summed E-state index contributed by atoms with van der Waals surface area (Å²) in [5.74, 6) is 0. The van der Waals surface area contributed by atoms with Crippen LogP contribution in [0.2, 0.25) is 6.32 Å². The molecule has 21 heavy (non-hydrogen) atoms. The van der Waals surface area contributed by atoms with Crippen molar-refractivity contribution in [2.75, 3.05) is 0 Å². The van der Waals surface area contributed by atoms with Crippen LogP contribution in [0.5, 0.6) is 0 Å². The molecule has 0 unspecified atom stereocenters. The van der Waals surface area contributed by atoms with Crippen LogP contribution in [0.1, 0.15) is 51.3 Å². The van der Waals surface area contributed by atoms with Crippen LogP contribution in [0.3, 0.4) is 0 Å². The molecule has 1 fully saturated rings. The van der Waals surface area contributed by atoms with Gasteiger partial charge < -0.3 is 4.65 Å². The molecule has 1 aromatic carbocycles. The average molecular weight is 282 g/mol. The summed E-state index contributed by atoms with van der Waals surface area (Å²) in [6.45, 7) is 17.4. The molecule has 1 nitrogen and oxygen atoms in total. The molecule has 0 bridgehead atoms. The molecule has 0 atom stereocenters. The van der Waals surface area contributed by atoms with Crippen molar-refractivity contribution in [3.63, 3.8) is 0 Å². The molecule has 1 aliphatic rings. The molecule has 0 aromatic heterocycles. The van der Waals surface area contributed by atoms with Gasteiger partial charge in [-0.2, -0.15) is 0 Å². The molecule has 0 spiro atoms. The van der Waals surface area contributed by atoms with Gasteiger partial charge in [0.1, 0.15) is 0 Å². The van der Waals surface area contributed by atoms with E-state index in [1.165, 1.54) is 22.2 Å². The van der Waals surface area contributed by atoms with E-state index in [2.05, 4.69) is 72.4 Å². The summed E-state index contributed by atoms with van der Waals surface area (Å²) >= 11 is 0. The zero-order valence-electron chi connectivity index (χ0n) is 14.3. The Bertz CT molecular complexity index is 565. The van der Waals surface area contributed by atoms with Gasteiger partial charge in [0.2, 0.25) is 0 Å². The van der Waals surface area contributed by atoms with Crippen molar-refractivity contribution in [2.45, 2.75) is 53.5 Å². The number of rotatable bonds is 3. The van der Waals surface area contributed by atoms with Gasteiger partial charge in [-0.15, -0.1) is 0 Å². The van der Waals surface area contributed by atoms with E-state index in [1.807, 2.05) is 6.08 Å². The first kappa shape index (κ1) is 16.1. The Balaban J connectivity index is 2.45. The fraction of sp³-hybridized carbons (Fsp3) is 0.474. The van der Waals surface area contributed by atoms with Crippen LogP contribution < -0.4 is 0 Å². The van der Waals surface area contributed by atoms with Crippen molar-refractivity contribution in [3.8, 4) is 0 Å². The Morgan fingerprint density at radius 1 is 1.29 bits per heavy atom. The standard InChI is InChI=1S/C19H27BO/c1-8-15-14(3)11-10-12-16(15)17(9-2)20-13-18(4,5)19(6,7)21-20/h8-12H,1,13H2,2-7H3/b17-9+. The number of allylic oxidation sites excluding steroid dienone is 1. The smallest absolute Gasteiger partial charge is 0.328 e. The molecule has 0 N–H and O–H groups in total. The van der Waals surface area contributed by atoms with Gasteiger partial charge in [0.25, 0.3) is 0 Å². The zero-order valence-corrected chi connectivity index (χ0v) is 14.3. The SMILES string of the molecule is C=Cc1c(C)cccc1/C(=C\C)B1CC(C)(C)C(C)(C)O1. The molecule has 0 aliphatic carbocycles. The zero-order chi connectivity index (χ0) is 15.8. The first-order valence-corrected chi connectivity index (χ1v) is 7.80. The predicted octanol–water partition coefficient (Wildman–Crippen LogP) is 5.41. The summed E-state index contributed by atoms with van der Waals surface area (Å²) in [6.07, 6.45) is 5.20. The van der Waals surface area contributed by atoms with E-state index in [9.17, 15) is 0 Å². The maximum Gasteiger partial charge on any atom is 0.328 e. The van der Waals surface area contributed by atoms with Crippen LogP contribution in [0.4, 0.5) is 0 Å². The molecular weight excluding hydrogens is 255 g/mol. The van der Waals surface area contributed by atoms with Crippen LogP contribution in [0, 0.1) is 12.3 Å². The predicted molar refractivity (Wildman–Crippen MR) is 94.4 cm³/mol. The summed E-state index contributed by atoms with van der Waals surface area (Å²) in [4.78, 5) is 0. The first-order valence-electron chi connectivity index (χ1n) is 7.80. The van der Waals surface area contributed by atoms with Crippen molar-refractivity contribution in [3.05, 3.63) is 47.5 Å². The minimum atomic E-state index is -0.107. The lowest BCUT2D eigenvalue weighted by molar-refractivity contribution is 0.0376. The minimum absolute atomic E-state index is 0.107. The third kappa shape index (κ3) is 2.74. The third-order valence-corrected chi connectivity index (χ3v) is 5.26. The highest BCUT2D eigenvalue weighted by Crippen LogP contribution is 2.48. The van der Waals surface area contributed by atoms with Crippen LogP contribution in [-0.4, -0.2) is 12.5 Å². The number of benzene rings is 1. The highest BCUT2D eigenvalue weighted by atomic mass is 16.5. The van der Waals surface area contributed by atoms with Gasteiger partial charge in [-0.3, -0.25) is 0 Å². The molecule has 1 aromatic rings. The molecular formula is C19H27BO. The fourth-order valence-corrected chi connectivity index (χ4v) is 3.16. The summed E-state index contributed by atoms with van der Waals surface area (Å²) in [5.41, 5.74) is 5.09. The lowest BCUT2D eigenvalue weighted by Gasteiger charge is -2.34. The van der Waals surface area contributed by atoms with Gasteiger partial charge in [-0.05, 0) is 61.6 Å². The Hall–Kier alpha value is -1.28. The topological polar surface area (TPSA) is 9.23 Å². The van der Waals surface area contributed by atoms with Crippen LogP contribution in [0.25, 0.3) is 11.5 Å². The number of aryl methyl sites for hydroxylation is 1.